The number of nitrogens with zero attached hydrogens (tertiary/aromatic N) is 1. The van der Waals surface area contributed by atoms with Gasteiger partial charge in [-0.25, -0.2) is 0 Å². The minimum Gasteiger partial charge on any atom is -0.455 e. The topological polar surface area (TPSA) is 69.7 Å². The number of hydrogen-bond donors (Lipinski definition) is 1. The molecule has 0 fully saturated rings. The third-order valence-electron chi connectivity index (χ3n) is 3.26. The summed E-state index contributed by atoms with van der Waals surface area (Å²) in [7, 11) is 3.01. The van der Waals surface area contributed by atoms with Gasteiger partial charge in [0.25, 0.3) is 12.2 Å². The van der Waals surface area contributed by atoms with Crippen molar-refractivity contribution in [2.45, 2.75) is 25.7 Å². The number of hydrogen-bond acceptors (Lipinski definition) is 5. The van der Waals surface area contributed by atoms with Gasteiger partial charge in [-0.15, -0.1) is 0 Å². The number of carbonyl (C=O) groups is 1. The van der Waals surface area contributed by atoms with Crippen LogP contribution < -0.4 is 10.1 Å². The van der Waals surface area contributed by atoms with Crippen molar-refractivity contribution in [3.63, 3.8) is 0 Å². The van der Waals surface area contributed by atoms with E-state index in [1.807, 2.05) is 32.0 Å². The van der Waals surface area contributed by atoms with Crippen LogP contribution in [0.15, 0.2) is 34.9 Å². The number of methoxy groups -OCH3 is 2. The molecule has 0 saturated heterocycles. The van der Waals surface area contributed by atoms with Crippen LogP contribution in [0.25, 0.3) is 10.9 Å². The number of pyridine rings is 1. The van der Waals surface area contributed by atoms with E-state index in [4.69, 9.17) is 14.2 Å². The Hall–Kier alpha value is -1.70. The van der Waals surface area contributed by atoms with Crippen LogP contribution >= 0.6 is 15.9 Å². The maximum absolute atomic E-state index is 12.4. The van der Waals surface area contributed by atoms with Gasteiger partial charge in [-0.05, 0) is 54.0 Å². The molecule has 1 aromatic carbocycles. The van der Waals surface area contributed by atoms with Crippen LogP contribution in [0.3, 0.4) is 0 Å². The Labute approximate surface area is 149 Å². The average molecular weight is 397 g/mol. The number of aromatic nitrogens is 1. The van der Waals surface area contributed by atoms with Gasteiger partial charge in [0.15, 0.2) is 0 Å². The van der Waals surface area contributed by atoms with Gasteiger partial charge in [0.1, 0.15) is 5.75 Å². The Morgan fingerprint density at radius 3 is 2.75 bits per heavy atom. The van der Waals surface area contributed by atoms with Crippen LogP contribution in [0.4, 0.5) is 0 Å². The average Bonchev–Trinajstić information content (AvgIpc) is 2.51. The van der Waals surface area contributed by atoms with Gasteiger partial charge in [-0.3, -0.25) is 9.78 Å². The monoisotopic (exact) mass is 396 g/mol. The highest BCUT2D eigenvalue weighted by Gasteiger charge is 2.27. The maximum Gasteiger partial charge on any atom is 0.290 e. The van der Waals surface area contributed by atoms with Crippen LogP contribution in [0.2, 0.25) is 0 Å². The van der Waals surface area contributed by atoms with Crippen LogP contribution in [0.1, 0.15) is 13.8 Å². The normalized spacial score (nSPS) is 12.9. The molecule has 1 unspecified atom stereocenters. The summed E-state index contributed by atoms with van der Waals surface area (Å²) in [4.78, 5) is 16.6. The second-order valence-corrected chi connectivity index (χ2v) is 6.92. The Morgan fingerprint density at radius 2 is 2.08 bits per heavy atom. The number of ether oxygens (including phenoxy) is 3. The third kappa shape index (κ3) is 4.90. The summed E-state index contributed by atoms with van der Waals surface area (Å²) in [6.45, 7) is 4.10. The van der Waals surface area contributed by atoms with E-state index in [9.17, 15) is 4.79 Å². The molecule has 0 saturated carbocycles. The first-order chi connectivity index (χ1) is 11.3. The minimum absolute atomic E-state index is 0.369. The van der Waals surface area contributed by atoms with Crippen LogP contribution in [-0.4, -0.2) is 43.5 Å². The molecule has 0 aliphatic rings. The highest BCUT2D eigenvalue weighted by atomic mass is 79.9. The van der Waals surface area contributed by atoms with E-state index >= 15 is 0 Å². The van der Waals surface area contributed by atoms with Gasteiger partial charge < -0.3 is 19.5 Å². The molecule has 0 spiro atoms. The molecule has 0 bridgehead atoms. The summed E-state index contributed by atoms with van der Waals surface area (Å²) in [6, 6.07) is 7.32. The van der Waals surface area contributed by atoms with E-state index in [0.717, 1.165) is 15.4 Å². The number of rotatable bonds is 7. The smallest absolute Gasteiger partial charge is 0.290 e. The second-order valence-electron chi connectivity index (χ2n) is 6.00. The molecular formula is C17H21BrN2O4. The van der Waals surface area contributed by atoms with E-state index in [-0.39, 0.29) is 5.91 Å². The number of fused-ring (bicyclic) bond motifs is 1. The Kier molecular flexibility index (Phi) is 6.15. The van der Waals surface area contributed by atoms with Crippen LogP contribution in [0.5, 0.6) is 5.75 Å². The molecule has 1 atom stereocenters. The van der Waals surface area contributed by atoms with Crippen LogP contribution in [-0.2, 0) is 14.3 Å². The summed E-state index contributed by atoms with van der Waals surface area (Å²) < 4.78 is 16.8. The number of halogens is 1. The summed E-state index contributed by atoms with van der Waals surface area (Å²) >= 11 is 3.39. The van der Waals surface area contributed by atoms with Crippen LogP contribution in [0, 0.1) is 0 Å². The number of amides is 1. The lowest BCUT2D eigenvalue weighted by atomic mass is 10.1. The first kappa shape index (κ1) is 18.6. The minimum atomic E-state index is -1.06. The van der Waals surface area contributed by atoms with Crippen molar-refractivity contribution in [1.82, 2.24) is 10.3 Å². The van der Waals surface area contributed by atoms with E-state index in [2.05, 4.69) is 26.2 Å². The Balaban J connectivity index is 2.13. The fourth-order valence-electron chi connectivity index (χ4n) is 2.28. The molecule has 1 N–H and O–H groups in total. The van der Waals surface area contributed by atoms with E-state index < -0.39 is 11.8 Å². The van der Waals surface area contributed by atoms with Crippen molar-refractivity contribution in [2.24, 2.45) is 0 Å². The van der Waals surface area contributed by atoms with Gasteiger partial charge in [0.05, 0.1) is 17.7 Å². The lowest BCUT2D eigenvalue weighted by Gasteiger charge is -2.27. The largest absolute Gasteiger partial charge is 0.455 e. The lowest BCUT2D eigenvalue weighted by Crippen LogP contribution is -2.52. The number of nitrogens with one attached hydrogen (secondary N) is 1. The molecule has 1 amide bonds. The SMILES string of the molecule is COCC(C)(C)NC(=O)C(OC)Oc1ccc2ncc(Br)cc2c1. The zero-order chi connectivity index (χ0) is 17.7. The van der Waals surface area contributed by atoms with Crippen molar-refractivity contribution in [2.75, 3.05) is 20.8 Å². The first-order valence-electron chi connectivity index (χ1n) is 7.40. The molecule has 130 valence electrons. The molecule has 6 nitrogen and oxygen atoms in total. The first-order valence-corrected chi connectivity index (χ1v) is 8.19. The lowest BCUT2D eigenvalue weighted by molar-refractivity contribution is -0.150. The van der Waals surface area contributed by atoms with Gasteiger partial charge in [-0.1, -0.05) is 0 Å². The molecular weight excluding hydrogens is 376 g/mol. The maximum atomic E-state index is 12.4. The van der Waals surface area contributed by atoms with Crippen molar-refractivity contribution in [1.29, 1.82) is 0 Å². The molecule has 2 aromatic rings. The Bertz CT molecular complexity index is 721. The molecule has 0 aliphatic heterocycles. The summed E-state index contributed by atoms with van der Waals surface area (Å²) in [5.74, 6) is 0.154. The fraction of sp³-hybridized carbons (Fsp3) is 0.412. The highest BCUT2D eigenvalue weighted by molar-refractivity contribution is 9.10. The molecule has 0 aliphatic carbocycles. The molecule has 0 radical (unpaired) electrons. The molecule has 1 heterocycles. The summed E-state index contributed by atoms with van der Waals surface area (Å²) in [5, 5.41) is 3.74. The second kappa shape index (κ2) is 7.92. The van der Waals surface area contributed by atoms with E-state index in [1.165, 1.54) is 7.11 Å². The number of carbonyl (C=O) groups excluding carboxylic acids is 1. The standard InChI is InChI=1S/C17H21BrN2O4/c1-17(2,10-22-3)20-15(21)16(23-4)24-13-5-6-14-11(8-13)7-12(18)9-19-14/h5-9,16H,10H2,1-4H3,(H,20,21). The Morgan fingerprint density at radius 1 is 1.33 bits per heavy atom. The highest BCUT2D eigenvalue weighted by Crippen LogP contribution is 2.23. The predicted octanol–water partition coefficient (Wildman–Crippen LogP) is 2.89. The zero-order valence-electron chi connectivity index (χ0n) is 14.1. The van der Waals surface area contributed by atoms with Gasteiger partial charge in [0, 0.05) is 30.3 Å². The van der Waals surface area contributed by atoms with Gasteiger partial charge >= 0.3 is 0 Å². The summed E-state index contributed by atoms with van der Waals surface area (Å²) in [5.41, 5.74) is 0.314. The van der Waals surface area contributed by atoms with Gasteiger partial charge in [0.2, 0.25) is 0 Å². The third-order valence-corrected chi connectivity index (χ3v) is 3.69. The van der Waals surface area contributed by atoms with Crippen molar-refractivity contribution in [3.05, 3.63) is 34.9 Å². The zero-order valence-corrected chi connectivity index (χ0v) is 15.7. The molecule has 24 heavy (non-hydrogen) atoms. The quantitative estimate of drug-likeness (QED) is 0.728. The number of benzene rings is 1. The van der Waals surface area contributed by atoms with Gasteiger partial charge in [-0.2, -0.15) is 0 Å². The molecule has 7 heteroatoms. The van der Waals surface area contributed by atoms with Crippen molar-refractivity contribution >= 4 is 32.7 Å². The molecule has 2 rings (SSSR count). The van der Waals surface area contributed by atoms with Crippen molar-refractivity contribution in [3.8, 4) is 5.75 Å². The predicted molar refractivity (Wildman–Crippen MR) is 95.0 cm³/mol. The molecule has 1 aromatic heterocycles. The summed E-state index contributed by atoms with van der Waals surface area (Å²) in [6.07, 6.45) is 0.672. The van der Waals surface area contributed by atoms with E-state index in [0.29, 0.717) is 12.4 Å². The van der Waals surface area contributed by atoms with Crippen molar-refractivity contribution < 1.29 is 19.0 Å². The van der Waals surface area contributed by atoms with E-state index in [1.54, 1.807) is 19.4 Å². The fourth-order valence-corrected chi connectivity index (χ4v) is 2.63.